The number of likely N-dealkylation sites (N-methyl/N-ethyl adjacent to an activating group) is 1. The zero-order valence-electron chi connectivity index (χ0n) is 9.16. The second-order valence-electron chi connectivity index (χ2n) is 3.24. The maximum absolute atomic E-state index is 11.2. The first kappa shape index (κ1) is 14.0. The van der Waals surface area contributed by atoms with E-state index < -0.39 is 0 Å². The molecule has 0 aliphatic rings. The minimum atomic E-state index is -0.204. The fourth-order valence-corrected chi connectivity index (χ4v) is 1.14. The van der Waals surface area contributed by atoms with Crippen molar-refractivity contribution < 1.29 is 9.21 Å². The summed E-state index contributed by atoms with van der Waals surface area (Å²) in [5, 5.41) is 5.65. The third-order valence-electron chi connectivity index (χ3n) is 2.18. The highest BCUT2D eigenvalue weighted by molar-refractivity contribution is 5.85. The lowest BCUT2D eigenvalue weighted by molar-refractivity contribution is -0.122. The molecule has 1 atom stereocenters. The van der Waals surface area contributed by atoms with E-state index >= 15 is 0 Å². The number of aryl methyl sites for hydroxylation is 1. The normalized spacial score (nSPS) is 11.7. The first-order valence-corrected chi connectivity index (χ1v) is 4.63. The predicted molar refractivity (Wildman–Crippen MR) is 61.1 cm³/mol. The second-order valence-corrected chi connectivity index (χ2v) is 3.24. The Bertz CT molecular complexity index is 312. The van der Waals surface area contributed by atoms with Gasteiger partial charge in [-0.25, -0.2) is 0 Å². The molecular formula is C10H17ClN2O2. The molecule has 1 aromatic heterocycles. The smallest absolute Gasteiger partial charge is 0.236 e. The molecule has 0 saturated carbocycles. The molecule has 0 saturated heterocycles. The Morgan fingerprint density at radius 1 is 1.60 bits per heavy atom. The summed E-state index contributed by atoms with van der Waals surface area (Å²) in [5.41, 5.74) is 1.10. The van der Waals surface area contributed by atoms with Gasteiger partial charge in [0.15, 0.2) is 0 Å². The van der Waals surface area contributed by atoms with Crippen LogP contribution in [0.2, 0.25) is 0 Å². The Morgan fingerprint density at radius 3 is 2.73 bits per heavy atom. The largest absolute Gasteiger partial charge is 0.468 e. The molecule has 0 fully saturated rings. The van der Waals surface area contributed by atoms with Crippen LogP contribution >= 0.6 is 12.4 Å². The molecule has 86 valence electrons. The summed E-state index contributed by atoms with van der Waals surface area (Å²) in [7, 11) is 1.62. The number of nitrogens with one attached hydrogen (secondary N) is 2. The zero-order valence-corrected chi connectivity index (χ0v) is 9.98. The highest BCUT2D eigenvalue weighted by Crippen LogP contribution is 2.07. The third kappa shape index (κ3) is 3.93. The standard InChI is InChI=1S/C10H16N2O2.ClH/c1-7-4-5-14-9(7)6-12-8(2)10(13)11-3;/h4-5,8,12H,6H2,1-3H3,(H,11,13);1H/t8-;/m1./s1. The van der Waals surface area contributed by atoms with Crippen molar-refractivity contribution in [1.29, 1.82) is 0 Å². The molecule has 0 spiro atoms. The van der Waals surface area contributed by atoms with Crippen molar-refractivity contribution in [2.45, 2.75) is 26.4 Å². The van der Waals surface area contributed by atoms with Crippen LogP contribution in [0.3, 0.4) is 0 Å². The minimum absolute atomic E-state index is 0. The van der Waals surface area contributed by atoms with Gasteiger partial charge in [-0.2, -0.15) is 0 Å². The van der Waals surface area contributed by atoms with Gasteiger partial charge in [0.25, 0.3) is 0 Å². The maximum atomic E-state index is 11.2. The number of hydrogen-bond acceptors (Lipinski definition) is 3. The van der Waals surface area contributed by atoms with Gasteiger partial charge in [0.05, 0.1) is 18.8 Å². The first-order chi connectivity index (χ1) is 6.65. The van der Waals surface area contributed by atoms with Crippen LogP contribution in [-0.2, 0) is 11.3 Å². The predicted octanol–water partition coefficient (Wildman–Crippen LogP) is 1.23. The lowest BCUT2D eigenvalue weighted by Gasteiger charge is -2.10. The van der Waals surface area contributed by atoms with Crippen LogP contribution in [0.25, 0.3) is 0 Å². The van der Waals surface area contributed by atoms with E-state index in [9.17, 15) is 4.79 Å². The van der Waals surface area contributed by atoms with Gasteiger partial charge in [-0.05, 0) is 25.5 Å². The van der Waals surface area contributed by atoms with Gasteiger partial charge >= 0.3 is 0 Å². The molecule has 1 amide bonds. The number of carbonyl (C=O) groups is 1. The Morgan fingerprint density at radius 2 is 2.27 bits per heavy atom. The second kappa shape index (κ2) is 6.48. The Kier molecular flexibility index (Phi) is 6.05. The van der Waals surface area contributed by atoms with Gasteiger partial charge in [0.1, 0.15) is 5.76 Å². The van der Waals surface area contributed by atoms with E-state index in [-0.39, 0.29) is 24.4 Å². The molecule has 1 heterocycles. The molecule has 0 unspecified atom stereocenters. The number of hydrogen-bond donors (Lipinski definition) is 2. The Balaban J connectivity index is 0.00000196. The summed E-state index contributed by atoms with van der Waals surface area (Å²) in [6.07, 6.45) is 1.65. The molecule has 0 aromatic carbocycles. The van der Waals surface area contributed by atoms with Crippen LogP contribution in [0.5, 0.6) is 0 Å². The summed E-state index contributed by atoms with van der Waals surface area (Å²) in [5.74, 6) is 0.856. The van der Waals surface area contributed by atoms with Crippen LogP contribution in [0.1, 0.15) is 18.2 Å². The number of furan rings is 1. The van der Waals surface area contributed by atoms with Crippen molar-refractivity contribution in [2.24, 2.45) is 0 Å². The molecule has 15 heavy (non-hydrogen) atoms. The van der Waals surface area contributed by atoms with Gasteiger partial charge in [0, 0.05) is 7.05 Å². The van der Waals surface area contributed by atoms with E-state index in [1.807, 2.05) is 19.9 Å². The molecular weight excluding hydrogens is 216 g/mol. The number of amides is 1. The molecule has 2 N–H and O–H groups in total. The summed E-state index contributed by atoms with van der Waals surface area (Å²) >= 11 is 0. The van der Waals surface area contributed by atoms with Gasteiger partial charge in [-0.15, -0.1) is 12.4 Å². The molecule has 4 nitrogen and oxygen atoms in total. The fourth-order valence-electron chi connectivity index (χ4n) is 1.14. The van der Waals surface area contributed by atoms with E-state index in [4.69, 9.17) is 4.42 Å². The summed E-state index contributed by atoms with van der Waals surface area (Å²) in [6.45, 7) is 4.37. The van der Waals surface area contributed by atoms with Crippen molar-refractivity contribution >= 4 is 18.3 Å². The van der Waals surface area contributed by atoms with E-state index in [2.05, 4.69) is 10.6 Å². The highest BCUT2D eigenvalue weighted by Gasteiger charge is 2.11. The zero-order chi connectivity index (χ0) is 10.6. The van der Waals surface area contributed by atoms with Crippen LogP contribution in [0, 0.1) is 6.92 Å². The first-order valence-electron chi connectivity index (χ1n) is 4.63. The van der Waals surface area contributed by atoms with Gasteiger partial charge in [-0.3, -0.25) is 10.1 Å². The average molecular weight is 233 g/mol. The maximum Gasteiger partial charge on any atom is 0.236 e. The van der Waals surface area contributed by atoms with Crippen LogP contribution in [0.4, 0.5) is 0 Å². The number of halogens is 1. The lowest BCUT2D eigenvalue weighted by atomic mass is 10.2. The van der Waals surface area contributed by atoms with Crippen LogP contribution in [-0.4, -0.2) is 19.0 Å². The van der Waals surface area contributed by atoms with E-state index in [0.717, 1.165) is 11.3 Å². The van der Waals surface area contributed by atoms with Crippen LogP contribution < -0.4 is 10.6 Å². The fraction of sp³-hybridized carbons (Fsp3) is 0.500. The molecule has 1 rings (SSSR count). The van der Waals surface area contributed by atoms with Crippen molar-refractivity contribution in [3.8, 4) is 0 Å². The monoisotopic (exact) mass is 232 g/mol. The molecule has 0 aliphatic heterocycles. The minimum Gasteiger partial charge on any atom is -0.468 e. The molecule has 1 aromatic rings. The van der Waals surface area contributed by atoms with E-state index in [1.165, 1.54) is 0 Å². The van der Waals surface area contributed by atoms with E-state index in [0.29, 0.717) is 6.54 Å². The number of carbonyl (C=O) groups excluding carboxylic acids is 1. The van der Waals surface area contributed by atoms with Crippen molar-refractivity contribution in [3.63, 3.8) is 0 Å². The topological polar surface area (TPSA) is 54.3 Å². The van der Waals surface area contributed by atoms with Crippen molar-refractivity contribution in [3.05, 3.63) is 23.7 Å². The molecule has 0 bridgehead atoms. The molecule has 5 heteroatoms. The van der Waals surface area contributed by atoms with Gasteiger partial charge < -0.3 is 9.73 Å². The van der Waals surface area contributed by atoms with Gasteiger partial charge in [-0.1, -0.05) is 0 Å². The van der Waals surface area contributed by atoms with Crippen molar-refractivity contribution in [2.75, 3.05) is 7.05 Å². The quantitative estimate of drug-likeness (QED) is 0.821. The van der Waals surface area contributed by atoms with Crippen LogP contribution in [0.15, 0.2) is 16.7 Å². The summed E-state index contributed by atoms with van der Waals surface area (Å²) in [6, 6.07) is 1.70. The highest BCUT2D eigenvalue weighted by atomic mass is 35.5. The summed E-state index contributed by atoms with van der Waals surface area (Å²) in [4.78, 5) is 11.2. The third-order valence-corrected chi connectivity index (χ3v) is 2.18. The number of rotatable bonds is 4. The van der Waals surface area contributed by atoms with E-state index in [1.54, 1.807) is 13.3 Å². The van der Waals surface area contributed by atoms with Gasteiger partial charge in [0.2, 0.25) is 5.91 Å². The Hall–Kier alpha value is -1.00. The summed E-state index contributed by atoms with van der Waals surface area (Å²) < 4.78 is 5.23. The SMILES string of the molecule is CNC(=O)[C@@H](C)NCc1occc1C.Cl. The Labute approximate surface area is 95.8 Å². The van der Waals surface area contributed by atoms with Crippen molar-refractivity contribution in [1.82, 2.24) is 10.6 Å². The molecule has 0 aliphatic carbocycles. The lowest BCUT2D eigenvalue weighted by Crippen LogP contribution is -2.40. The molecule has 0 radical (unpaired) electrons. The average Bonchev–Trinajstić information content (AvgIpc) is 2.59.